The standard InChI is InChI=1S/C22H29N3O3S/c1-28-15-18-8-5-11-25(18)14-20-23-19(16-29-20)22(27)9-12-24(13-10-22)21(26)17-6-3-2-4-7-17/h2-4,6-7,16,18,27H,5,8-15H2,1H3/t18-/m1/s1. The number of likely N-dealkylation sites (tertiary alicyclic amines) is 2. The van der Waals surface area contributed by atoms with E-state index in [0.717, 1.165) is 30.4 Å². The number of ether oxygens (including phenoxy) is 1. The minimum atomic E-state index is -0.945. The van der Waals surface area contributed by atoms with Crippen molar-refractivity contribution in [2.24, 2.45) is 0 Å². The molecule has 2 aliphatic heterocycles. The Hall–Kier alpha value is -1.80. The molecule has 4 rings (SSSR count). The van der Waals surface area contributed by atoms with Crippen molar-refractivity contribution < 1.29 is 14.6 Å². The summed E-state index contributed by atoms with van der Waals surface area (Å²) in [6.45, 7) is 3.73. The maximum atomic E-state index is 12.6. The van der Waals surface area contributed by atoms with Gasteiger partial charge in [-0.15, -0.1) is 11.3 Å². The van der Waals surface area contributed by atoms with Gasteiger partial charge in [-0.2, -0.15) is 0 Å². The largest absolute Gasteiger partial charge is 0.383 e. The Morgan fingerprint density at radius 2 is 2.03 bits per heavy atom. The van der Waals surface area contributed by atoms with Gasteiger partial charge < -0.3 is 14.7 Å². The number of nitrogens with zero attached hydrogens (tertiary/aromatic N) is 3. The number of carbonyl (C=O) groups excluding carboxylic acids is 1. The number of aliphatic hydroxyl groups is 1. The molecule has 3 heterocycles. The highest BCUT2D eigenvalue weighted by atomic mass is 32.1. The van der Waals surface area contributed by atoms with Gasteiger partial charge in [-0.25, -0.2) is 4.98 Å². The lowest BCUT2D eigenvalue weighted by Gasteiger charge is -2.37. The summed E-state index contributed by atoms with van der Waals surface area (Å²) in [6, 6.07) is 9.80. The summed E-state index contributed by atoms with van der Waals surface area (Å²) in [5.41, 5.74) is 0.510. The van der Waals surface area contributed by atoms with Gasteiger partial charge in [-0.3, -0.25) is 9.69 Å². The Balaban J connectivity index is 1.37. The van der Waals surface area contributed by atoms with Crippen molar-refractivity contribution in [3.05, 3.63) is 52.0 Å². The average Bonchev–Trinajstić information content (AvgIpc) is 3.40. The average molecular weight is 416 g/mol. The fourth-order valence-electron chi connectivity index (χ4n) is 4.35. The van der Waals surface area contributed by atoms with E-state index >= 15 is 0 Å². The summed E-state index contributed by atoms with van der Waals surface area (Å²) < 4.78 is 5.34. The number of methoxy groups -OCH3 is 1. The van der Waals surface area contributed by atoms with Crippen LogP contribution in [-0.4, -0.2) is 65.2 Å². The highest BCUT2D eigenvalue weighted by Gasteiger charge is 2.37. The molecule has 1 aromatic heterocycles. The van der Waals surface area contributed by atoms with Gasteiger partial charge in [0, 0.05) is 37.2 Å². The molecule has 2 saturated heterocycles. The van der Waals surface area contributed by atoms with Crippen molar-refractivity contribution in [2.45, 2.75) is 43.9 Å². The first kappa shape index (κ1) is 20.5. The van der Waals surface area contributed by atoms with Crippen LogP contribution in [0.4, 0.5) is 0 Å². The van der Waals surface area contributed by atoms with Gasteiger partial charge in [-0.1, -0.05) is 18.2 Å². The van der Waals surface area contributed by atoms with E-state index in [1.165, 1.54) is 12.8 Å². The SMILES string of the molecule is COC[C@H]1CCCN1Cc1nc(C2(O)CCN(C(=O)c3ccccc3)CC2)cs1. The molecule has 2 fully saturated rings. The lowest BCUT2D eigenvalue weighted by Crippen LogP contribution is -2.45. The molecule has 6 nitrogen and oxygen atoms in total. The summed E-state index contributed by atoms with van der Waals surface area (Å²) in [5.74, 6) is 0.0323. The predicted octanol–water partition coefficient (Wildman–Crippen LogP) is 2.88. The van der Waals surface area contributed by atoms with Gasteiger partial charge in [0.2, 0.25) is 0 Å². The van der Waals surface area contributed by atoms with Crippen LogP contribution in [0.25, 0.3) is 0 Å². The molecule has 0 bridgehead atoms. The molecule has 0 spiro atoms. The molecular weight excluding hydrogens is 386 g/mol. The molecule has 1 atom stereocenters. The van der Waals surface area contributed by atoms with E-state index < -0.39 is 5.60 Å². The van der Waals surface area contributed by atoms with E-state index in [4.69, 9.17) is 9.72 Å². The number of benzene rings is 1. The molecule has 1 amide bonds. The quantitative estimate of drug-likeness (QED) is 0.786. The number of thiazole rings is 1. The molecule has 0 radical (unpaired) electrons. The van der Waals surface area contributed by atoms with Crippen LogP contribution in [0, 0.1) is 0 Å². The van der Waals surface area contributed by atoms with Crippen LogP contribution in [-0.2, 0) is 16.9 Å². The Bertz CT molecular complexity index is 818. The number of piperidine rings is 1. The normalized spacial score (nSPS) is 22.1. The fraction of sp³-hybridized carbons (Fsp3) is 0.545. The summed E-state index contributed by atoms with van der Waals surface area (Å²) in [5, 5.41) is 14.2. The van der Waals surface area contributed by atoms with Crippen molar-refractivity contribution in [3.63, 3.8) is 0 Å². The van der Waals surface area contributed by atoms with E-state index in [0.29, 0.717) is 37.5 Å². The van der Waals surface area contributed by atoms with E-state index in [1.807, 2.05) is 40.6 Å². The van der Waals surface area contributed by atoms with E-state index in [9.17, 15) is 9.90 Å². The zero-order valence-electron chi connectivity index (χ0n) is 16.9. The highest BCUT2D eigenvalue weighted by Crippen LogP contribution is 2.34. The van der Waals surface area contributed by atoms with Crippen LogP contribution in [0.15, 0.2) is 35.7 Å². The number of carbonyl (C=O) groups is 1. The Morgan fingerprint density at radius 1 is 1.28 bits per heavy atom. The van der Waals surface area contributed by atoms with Crippen LogP contribution in [0.5, 0.6) is 0 Å². The number of rotatable bonds is 6. The number of amides is 1. The molecular formula is C22H29N3O3S. The predicted molar refractivity (Wildman–Crippen MR) is 113 cm³/mol. The van der Waals surface area contributed by atoms with Crippen LogP contribution in [0.1, 0.15) is 46.7 Å². The van der Waals surface area contributed by atoms with Crippen LogP contribution in [0.2, 0.25) is 0 Å². The molecule has 2 aromatic rings. The van der Waals surface area contributed by atoms with Gasteiger partial charge in [0.05, 0.1) is 18.8 Å². The van der Waals surface area contributed by atoms with Crippen molar-refractivity contribution in [1.82, 2.24) is 14.8 Å². The van der Waals surface area contributed by atoms with Gasteiger partial charge in [0.15, 0.2) is 0 Å². The third-order valence-corrected chi connectivity index (χ3v) is 6.96. The number of aromatic nitrogens is 1. The van der Waals surface area contributed by atoms with Crippen LogP contribution >= 0.6 is 11.3 Å². The molecule has 29 heavy (non-hydrogen) atoms. The number of hydrogen-bond donors (Lipinski definition) is 1. The van der Waals surface area contributed by atoms with Crippen molar-refractivity contribution in [1.29, 1.82) is 0 Å². The molecule has 156 valence electrons. The molecule has 0 saturated carbocycles. The van der Waals surface area contributed by atoms with Gasteiger partial charge in [-0.05, 0) is 44.4 Å². The third-order valence-electron chi connectivity index (χ3n) is 6.12. The number of hydrogen-bond acceptors (Lipinski definition) is 6. The highest BCUT2D eigenvalue weighted by molar-refractivity contribution is 7.09. The summed E-state index contributed by atoms with van der Waals surface area (Å²) in [4.78, 5) is 21.7. The lowest BCUT2D eigenvalue weighted by atomic mass is 9.88. The minimum Gasteiger partial charge on any atom is -0.383 e. The smallest absolute Gasteiger partial charge is 0.253 e. The van der Waals surface area contributed by atoms with Crippen molar-refractivity contribution >= 4 is 17.2 Å². The summed E-state index contributed by atoms with van der Waals surface area (Å²) in [7, 11) is 1.75. The molecule has 0 aliphatic carbocycles. The van der Waals surface area contributed by atoms with E-state index in [2.05, 4.69) is 4.90 Å². The second-order valence-corrected chi connectivity index (χ2v) is 8.98. The first-order valence-corrected chi connectivity index (χ1v) is 11.2. The molecule has 1 aromatic carbocycles. The van der Waals surface area contributed by atoms with E-state index in [1.54, 1.807) is 18.4 Å². The van der Waals surface area contributed by atoms with Crippen molar-refractivity contribution in [3.8, 4) is 0 Å². The van der Waals surface area contributed by atoms with Gasteiger partial charge in [0.25, 0.3) is 5.91 Å². The second-order valence-electron chi connectivity index (χ2n) is 8.04. The summed E-state index contributed by atoms with van der Waals surface area (Å²) >= 11 is 1.62. The Labute approximate surface area is 176 Å². The zero-order chi connectivity index (χ0) is 20.3. The third kappa shape index (κ3) is 4.53. The van der Waals surface area contributed by atoms with Gasteiger partial charge in [0.1, 0.15) is 10.6 Å². The summed E-state index contributed by atoms with van der Waals surface area (Å²) in [6.07, 6.45) is 3.40. The first-order chi connectivity index (χ1) is 14.1. The fourth-order valence-corrected chi connectivity index (χ4v) is 5.27. The first-order valence-electron chi connectivity index (χ1n) is 10.3. The second kappa shape index (κ2) is 8.92. The topological polar surface area (TPSA) is 65.9 Å². The molecule has 1 N–H and O–H groups in total. The van der Waals surface area contributed by atoms with Crippen LogP contribution in [0.3, 0.4) is 0 Å². The van der Waals surface area contributed by atoms with Crippen LogP contribution < -0.4 is 0 Å². The zero-order valence-corrected chi connectivity index (χ0v) is 17.7. The Morgan fingerprint density at radius 3 is 2.76 bits per heavy atom. The van der Waals surface area contributed by atoms with Crippen molar-refractivity contribution in [2.75, 3.05) is 33.4 Å². The molecule has 2 aliphatic rings. The van der Waals surface area contributed by atoms with E-state index in [-0.39, 0.29) is 5.91 Å². The molecule has 0 unspecified atom stereocenters. The maximum Gasteiger partial charge on any atom is 0.253 e. The maximum absolute atomic E-state index is 12.6. The monoisotopic (exact) mass is 415 g/mol. The minimum absolute atomic E-state index is 0.0323. The molecule has 7 heteroatoms. The van der Waals surface area contributed by atoms with Gasteiger partial charge >= 0.3 is 0 Å². The lowest BCUT2D eigenvalue weighted by molar-refractivity contribution is -0.0241. The Kier molecular flexibility index (Phi) is 6.29.